The van der Waals surface area contributed by atoms with Crippen molar-refractivity contribution in [3.05, 3.63) is 52.0 Å². The smallest absolute Gasteiger partial charge is 0.242 e. The molecule has 1 aliphatic heterocycles. The Morgan fingerprint density at radius 1 is 1.32 bits per heavy atom. The zero-order valence-corrected chi connectivity index (χ0v) is 19.3. The summed E-state index contributed by atoms with van der Waals surface area (Å²) in [4.78, 5) is 30.5. The van der Waals surface area contributed by atoms with Gasteiger partial charge in [0, 0.05) is 30.5 Å². The fourth-order valence-electron chi connectivity index (χ4n) is 3.84. The number of hydrogen-bond acceptors (Lipinski definition) is 4. The van der Waals surface area contributed by atoms with Crippen LogP contribution in [0, 0.1) is 11.7 Å². The van der Waals surface area contributed by atoms with E-state index in [0.29, 0.717) is 31.2 Å². The highest BCUT2D eigenvalue weighted by molar-refractivity contribution is 7.10. The van der Waals surface area contributed by atoms with Crippen molar-refractivity contribution in [2.75, 3.05) is 26.2 Å². The van der Waals surface area contributed by atoms with Crippen molar-refractivity contribution in [1.82, 2.24) is 9.80 Å². The van der Waals surface area contributed by atoms with Gasteiger partial charge in [-0.3, -0.25) is 9.59 Å². The summed E-state index contributed by atoms with van der Waals surface area (Å²) in [6.45, 7) is 7.49. The van der Waals surface area contributed by atoms with Crippen LogP contribution in [0.2, 0.25) is 0 Å². The van der Waals surface area contributed by atoms with Crippen LogP contribution in [0.5, 0.6) is 5.75 Å². The first-order valence-electron chi connectivity index (χ1n) is 10.9. The summed E-state index contributed by atoms with van der Waals surface area (Å²) in [5.41, 5.74) is 1.08. The predicted molar refractivity (Wildman–Crippen MR) is 121 cm³/mol. The predicted octanol–water partition coefficient (Wildman–Crippen LogP) is 4.68. The molecule has 1 aromatic carbocycles. The maximum Gasteiger partial charge on any atom is 0.242 e. The average Bonchev–Trinajstić information content (AvgIpc) is 3.25. The lowest BCUT2D eigenvalue weighted by atomic mass is 10.00. The molecular weight excluding hydrogens is 415 g/mol. The molecule has 2 aromatic rings. The Labute approximate surface area is 187 Å². The van der Waals surface area contributed by atoms with Crippen molar-refractivity contribution >= 4 is 23.2 Å². The van der Waals surface area contributed by atoms with Crippen LogP contribution in [-0.4, -0.2) is 47.9 Å². The second-order valence-corrected chi connectivity index (χ2v) is 9.06. The summed E-state index contributed by atoms with van der Waals surface area (Å²) < 4.78 is 19.4. The van der Waals surface area contributed by atoms with Crippen LogP contribution in [0.3, 0.4) is 0 Å². The third-order valence-corrected chi connectivity index (χ3v) is 6.83. The van der Waals surface area contributed by atoms with Crippen molar-refractivity contribution < 1.29 is 18.7 Å². The Balaban J connectivity index is 1.76. The van der Waals surface area contributed by atoms with Gasteiger partial charge in [0.15, 0.2) is 0 Å². The SMILES string of the molecule is CCC(=O)N(CC(=O)N1CCc2sccc2[C@H]1COc1cccc(F)c1)C[C@@H](C)CC. The second kappa shape index (κ2) is 10.8. The number of nitrogens with zero attached hydrogens (tertiary/aromatic N) is 2. The average molecular weight is 447 g/mol. The van der Waals surface area contributed by atoms with E-state index in [4.69, 9.17) is 4.74 Å². The first-order valence-corrected chi connectivity index (χ1v) is 11.8. The van der Waals surface area contributed by atoms with E-state index in [1.807, 2.05) is 23.3 Å². The van der Waals surface area contributed by atoms with E-state index in [-0.39, 0.29) is 36.8 Å². The molecule has 2 heterocycles. The topological polar surface area (TPSA) is 49.9 Å². The van der Waals surface area contributed by atoms with E-state index in [1.165, 1.54) is 17.0 Å². The molecule has 2 atom stereocenters. The summed E-state index contributed by atoms with van der Waals surface area (Å²) in [7, 11) is 0. The molecule has 0 saturated carbocycles. The number of thiophene rings is 1. The van der Waals surface area contributed by atoms with Gasteiger partial charge in [0.2, 0.25) is 11.8 Å². The molecular formula is C24H31FN2O3S. The van der Waals surface area contributed by atoms with Crippen molar-refractivity contribution in [3.63, 3.8) is 0 Å². The van der Waals surface area contributed by atoms with Crippen LogP contribution in [0.25, 0.3) is 0 Å². The zero-order valence-electron chi connectivity index (χ0n) is 18.5. The van der Waals surface area contributed by atoms with Crippen LogP contribution >= 0.6 is 11.3 Å². The van der Waals surface area contributed by atoms with Crippen molar-refractivity contribution in [3.8, 4) is 5.75 Å². The normalized spacial score (nSPS) is 16.5. The van der Waals surface area contributed by atoms with Gasteiger partial charge in [-0.05, 0) is 41.5 Å². The molecule has 7 heteroatoms. The van der Waals surface area contributed by atoms with E-state index >= 15 is 0 Å². The number of carbonyl (C=O) groups excluding carboxylic acids is 2. The third-order valence-electron chi connectivity index (χ3n) is 5.83. The highest BCUT2D eigenvalue weighted by atomic mass is 32.1. The standard InChI is InChI=1S/C24H31FN2O3S/c1-4-17(3)14-26(23(28)5-2)15-24(29)27-11-9-22-20(10-12-31-22)21(27)16-30-19-8-6-7-18(25)13-19/h6-8,10,12-13,17,21H,4-5,9,11,14-16H2,1-3H3/t17-,21+/m0/s1. The fraction of sp³-hybridized carbons (Fsp3) is 0.500. The molecule has 3 rings (SSSR count). The number of ether oxygens (including phenoxy) is 1. The van der Waals surface area contributed by atoms with Crippen molar-refractivity contribution in [2.45, 2.75) is 46.1 Å². The zero-order chi connectivity index (χ0) is 22.4. The second-order valence-electron chi connectivity index (χ2n) is 8.06. The van der Waals surface area contributed by atoms with E-state index in [9.17, 15) is 14.0 Å². The quantitative estimate of drug-likeness (QED) is 0.562. The minimum atomic E-state index is -0.357. The van der Waals surface area contributed by atoms with E-state index in [0.717, 1.165) is 18.4 Å². The molecule has 0 saturated heterocycles. The summed E-state index contributed by atoms with van der Waals surface area (Å²) in [6.07, 6.45) is 2.13. The van der Waals surface area contributed by atoms with Crippen LogP contribution in [-0.2, 0) is 16.0 Å². The summed E-state index contributed by atoms with van der Waals surface area (Å²) in [5.74, 6) is 0.336. The molecule has 31 heavy (non-hydrogen) atoms. The van der Waals surface area contributed by atoms with E-state index in [1.54, 1.807) is 28.4 Å². The Kier molecular flexibility index (Phi) is 8.07. The van der Waals surface area contributed by atoms with Crippen molar-refractivity contribution in [1.29, 1.82) is 0 Å². The van der Waals surface area contributed by atoms with Crippen LogP contribution < -0.4 is 4.74 Å². The van der Waals surface area contributed by atoms with Gasteiger partial charge in [-0.1, -0.05) is 33.3 Å². The molecule has 1 aliphatic rings. The van der Waals surface area contributed by atoms with Gasteiger partial charge < -0.3 is 14.5 Å². The maximum absolute atomic E-state index is 13.5. The first kappa shape index (κ1) is 23.3. The number of amides is 2. The lowest BCUT2D eigenvalue weighted by Crippen LogP contribution is -2.48. The van der Waals surface area contributed by atoms with Gasteiger partial charge in [0.1, 0.15) is 18.2 Å². The number of rotatable bonds is 9. The van der Waals surface area contributed by atoms with Crippen LogP contribution in [0.4, 0.5) is 4.39 Å². The molecule has 5 nitrogen and oxygen atoms in total. The fourth-order valence-corrected chi connectivity index (χ4v) is 4.77. The van der Waals surface area contributed by atoms with Crippen LogP contribution in [0.1, 0.15) is 50.1 Å². The van der Waals surface area contributed by atoms with Crippen molar-refractivity contribution in [2.24, 2.45) is 5.92 Å². The van der Waals surface area contributed by atoms with Gasteiger partial charge >= 0.3 is 0 Å². The van der Waals surface area contributed by atoms with Gasteiger partial charge in [-0.15, -0.1) is 11.3 Å². The molecule has 168 valence electrons. The molecule has 0 bridgehead atoms. The molecule has 0 unspecified atom stereocenters. The number of hydrogen-bond donors (Lipinski definition) is 0. The Morgan fingerprint density at radius 2 is 2.13 bits per heavy atom. The molecule has 0 radical (unpaired) electrons. The molecule has 0 N–H and O–H groups in total. The lowest BCUT2D eigenvalue weighted by molar-refractivity contribution is -0.143. The Hall–Kier alpha value is -2.41. The minimum Gasteiger partial charge on any atom is -0.491 e. The molecule has 0 spiro atoms. The molecule has 0 aliphatic carbocycles. The molecule has 0 fully saturated rings. The lowest BCUT2D eigenvalue weighted by Gasteiger charge is -2.37. The highest BCUT2D eigenvalue weighted by Gasteiger charge is 2.33. The van der Waals surface area contributed by atoms with Gasteiger partial charge in [0.05, 0.1) is 12.6 Å². The first-order chi connectivity index (χ1) is 14.9. The number of halogens is 1. The third kappa shape index (κ3) is 5.85. The van der Waals surface area contributed by atoms with Gasteiger partial charge in [0.25, 0.3) is 0 Å². The van der Waals surface area contributed by atoms with Gasteiger partial charge in [-0.2, -0.15) is 0 Å². The number of benzene rings is 1. The largest absolute Gasteiger partial charge is 0.491 e. The Morgan fingerprint density at radius 3 is 2.84 bits per heavy atom. The number of fused-ring (bicyclic) bond motifs is 1. The van der Waals surface area contributed by atoms with Crippen LogP contribution in [0.15, 0.2) is 35.7 Å². The molecule has 2 amide bonds. The monoisotopic (exact) mass is 446 g/mol. The van der Waals surface area contributed by atoms with Gasteiger partial charge in [-0.25, -0.2) is 4.39 Å². The van der Waals surface area contributed by atoms with E-state index in [2.05, 4.69) is 13.8 Å². The number of carbonyl (C=O) groups is 2. The van der Waals surface area contributed by atoms with E-state index < -0.39 is 0 Å². The Bertz CT molecular complexity index is 900. The summed E-state index contributed by atoms with van der Waals surface area (Å²) >= 11 is 1.68. The maximum atomic E-state index is 13.5. The highest BCUT2D eigenvalue weighted by Crippen LogP contribution is 2.34. The summed E-state index contributed by atoms with van der Waals surface area (Å²) in [6, 6.07) is 7.81. The molecule has 1 aromatic heterocycles. The summed E-state index contributed by atoms with van der Waals surface area (Å²) in [5, 5.41) is 2.03. The minimum absolute atomic E-state index is 0.00515.